The number of nitrogens with zero attached hydrogens (tertiary/aromatic N) is 3. The molecule has 4 nitrogen and oxygen atoms in total. The molecule has 0 bridgehead atoms. The molecule has 0 aromatic carbocycles. The minimum atomic E-state index is 0. The van der Waals surface area contributed by atoms with Gasteiger partial charge in [-0.3, -0.25) is 4.99 Å². The Balaban J connectivity index is 0.00000220. The average molecular weight is 408 g/mol. The number of hydrogen-bond acceptors (Lipinski definition) is 2. The summed E-state index contributed by atoms with van der Waals surface area (Å²) in [7, 11) is 0. The van der Waals surface area contributed by atoms with Crippen molar-refractivity contribution >= 4 is 29.9 Å². The highest BCUT2D eigenvalue weighted by atomic mass is 127. The third kappa shape index (κ3) is 6.30. The van der Waals surface area contributed by atoms with Crippen LogP contribution in [0.2, 0.25) is 0 Å². The van der Waals surface area contributed by atoms with Crippen molar-refractivity contribution in [2.75, 3.05) is 39.3 Å². The van der Waals surface area contributed by atoms with E-state index in [9.17, 15) is 0 Å². The van der Waals surface area contributed by atoms with E-state index in [4.69, 9.17) is 5.73 Å². The molecule has 0 spiro atoms. The van der Waals surface area contributed by atoms with E-state index in [2.05, 4.69) is 35.6 Å². The highest BCUT2D eigenvalue weighted by Crippen LogP contribution is 2.18. The van der Waals surface area contributed by atoms with Crippen molar-refractivity contribution < 1.29 is 0 Å². The summed E-state index contributed by atoms with van der Waals surface area (Å²) in [6, 6.07) is 0. The molecular weight excluding hydrogens is 375 g/mol. The van der Waals surface area contributed by atoms with Crippen LogP contribution >= 0.6 is 24.0 Å². The zero-order valence-electron chi connectivity index (χ0n) is 13.9. The molecule has 0 aliphatic carbocycles. The van der Waals surface area contributed by atoms with Crippen molar-refractivity contribution in [3.63, 3.8) is 0 Å². The summed E-state index contributed by atoms with van der Waals surface area (Å²) in [5.74, 6) is 3.09. The second-order valence-electron chi connectivity index (χ2n) is 7.18. The van der Waals surface area contributed by atoms with Crippen LogP contribution in [0.15, 0.2) is 4.99 Å². The van der Waals surface area contributed by atoms with E-state index in [1.165, 1.54) is 38.9 Å². The fourth-order valence-corrected chi connectivity index (χ4v) is 3.30. The molecule has 2 fully saturated rings. The van der Waals surface area contributed by atoms with E-state index in [0.29, 0.717) is 5.92 Å². The predicted molar refractivity (Wildman–Crippen MR) is 101 cm³/mol. The first kappa shape index (κ1) is 19.0. The lowest BCUT2D eigenvalue weighted by molar-refractivity contribution is 0.276. The Morgan fingerprint density at radius 1 is 1.19 bits per heavy atom. The summed E-state index contributed by atoms with van der Waals surface area (Å²) < 4.78 is 0. The number of aliphatic imine (C=N–C) groups is 1. The van der Waals surface area contributed by atoms with Gasteiger partial charge < -0.3 is 15.5 Å². The number of halogens is 1. The first-order chi connectivity index (χ1) is 9.54. The number of rotatable bonds is 4. The first-order valence-electron chi connectivity index (χ1n) is 8.31. The Morgan fingerprint density at radius 3 is 2.48 bits per heavy atom. The van der Waals surface area contributed by atoms with E-state index in [-0.39, 0.29) is 24.0 Å². The minimum absolute atomic E-state index is 0. The normalized spacial score (nSPS) is 25.4. The molecule has 0 aromatic heterocycles. The molecule has 0 saturated carbocycles. The maximum absolute atomic E-state index is 6.15. The van der Waals surface area contributed by atoms with Gasteiger partial charge in [0.1, 0.15) is 0 Å². The van der Waals surface area contributed by atoms with Gasteiger partial charge in [0, 0.05) is 32.7 Å². The van der Waals surface area contributed by atoms with Crippen molar-refractivity contribution in [1.82, 2.24) is 9.80 Å². The maximum atomic E-state index is 6.15. The summed E-state index contributed by atoms with van der Waals surface area (Å²) in [4.78, 5) is 9.50. The van der Waals surface area contributed by atoms with Crippen molar-refractivity contribution in [1.29, 1.82) is 0 Å². The molecule has 124 valence electrons. The minimum Gasteiger partial charge on any atom is -0.370 e. The molecule has 2 saturated heterocycles. The summed E-state index contributed by atoms with van der Waals surface area (Å²) >= 11 is 0. The lowest BCUT2D eigenvalue weighted by Crippen LogP contribution is -2.42. The molecule has 1 atom stereocenters. The third-order valence-electron chi connectivity index (χ3n) is 4.61. The summed E-state index contributed by atoms with van der Waals surface area (Å²) in [5, 5.41) is 0. The molecule has 0 aromatic rings. The Morgan fingerprint density at radius 2 is 1.86 bits per heavy atom. The SMILES string of the molecule is CC(C)CN1CCC(CN=C(N)N2CCC(C)CC2)C1.I. The number of hydrogen-bond donors (Lipinski definition) is 1. The van der Waals surface area contributed by atoms with Gasteiger partial charge in [0.15, 0.2) is 5.96 Å². The van der Waals surface area contributed by atoms with E-state index < -0.39 is 0 Å². The standard InChI is InChI=1S/C16H32N4.HI/c1-13(2)11-19-7-6-15(12-19)10-18-16(17)20-8-4-14(3)5-9-20;/h13-15H,4-12H2,1-3H3,(H2,17,18);1H. The topological polar surface area (TPSA) is 44.9 Å². The Labute approximate surface area is 147 Å². The van der Waals surface area contributed by atoms with Crippen LogP contribution in [0.4, 0.5) is 0 Å². The van der Waals surface area contributed by atoms with Crippen LogP contribution < -0.4 is 5.73 Å². The van der Waals surface area contributed by atoms with Crippen LogP contribution in [0, 0.1) is 17.8 Å². The van der Waals surface area contributed by atoms with Crippen LogP contribution in [0.25, 0.3) is 0 Å². The summed E-state index contributed by atoms with van der Waals surface area (Å²) in [6.45, 7) is 13.6. The zero-order chi connectivity index (χ0) is 14.5. The Bertz CT molecular complexity index is 324. The van der Waals surface area contributed by atoms with Crippen LogP contribution in [0.1, 0.15) is 40.0 Å². The number of guanidine groups is 1. The quantitative estimate of drug-likeness (QED) is 0.442. The number of piperidine rings is 1. The summed E-state index contributed by atoms with van der Waals surface area (Å²) in [6.07, 6.45) is 3.78. The smallest absolute Gasteiger partial charge is 0.191 e. The van der Waals surface area contributed by atoms with Gasteiger partial charge >= 0.3 is 0 Å². The molecule has 0 amide bonds. The Hall–Kier alpha value is -0.0400. The highest BCUT2D eigenvalue weighted by molar-refractivity contribution is 14.0. The molecular formula is C16H33IN4. The van der Waals surface area contributed by atoms with Gasteiger partial charge in [-0.15, -0.1) is 24.0 Å². The largest absolute Gasteiger partial charge is 0.370 e. The van der Waals surface area contributed by atoms with Crippen molar-refractivity contribution in [2.45, 2.75) is 40.0 Å². The second kappa shape index (κ2) is 9.18. The third-order valence-corrected chi connectivity index (χ3v) is 4.61. The van der Waals surface area contributed by atoms with Crippen molar-refractivity contribution in [2.24, 2.45) is 28.5 Å². The van der Waals surface area contributed by atoms with Crippen molar-refractivity contribution in [3.8, 4) is 0 Å². The van der Waals surface area contributed by atoms with Crippen LogP contribution in [-0.2, 0) is 0 Å². The molecule has 2 rings (SSSR count). The number of likely N-dealkylation sites (tertiary alicyclic amines) is 2. The molecule has 2 N–H and O–H groups in total. The number of nitrogens with two attached hydrogens (primary N) is 1. The van der Waals surface area contributed by atoms with Gasteiger partial charge in [-0.05, 0) is 43.6 Å². The van der Waals surface area contributed by atoms with Gasteiger partial charge in [-0.25, -0.2) is 0 Å². The predicted octanol–water partition coefficient (Wildman–Crippen LogP) is 2.63. The average Bonchev–Trinajstić information content (AvgIpc) is 2.83. The lowest BCUT2D eigenvalue weighted by atomic mass is 10.00. The molecule has 2 aliphatic rings. The van der Waals surface area contributed by atoms with E-state index in [1.54, 1.807) is 0 Å². The molecule has 21 heavy (non-hydrogen) atoms. The van der Waals surface area contributed by atoms with Gasteiger partial charge in [-0.1, -0.05) is 20.8 Å². The van der Waals surface area contributed by atoms with Crippen molar-refractivity contribution in [3.05, 3.63) is 0 Å². The van der Waals surface area contributed by atoms with E-state index >= 15 is 0 Å². The van der Waals surface area contributed by atoms with Gasteiger partial charge in [-0.2, -0.15) is 0 Å². The van der Waals surface area contributed by atoms with Gasteiger partial charge in [0.25, 0.3) is 0 Å². The van der Waals surface area contributed by atoms with Crippen LogP contribution in [0.5, 0.6) is 0 Å². The fraction of sp³-hybridized carbons (Fsp3) is 0.938. The molecule has 0 radical (unpaired) electrons. The lowest BCUT2D eigenvalue weighted by Gasteiger charge is -2.31. The molecule has 2 aliphatic heterocycles. The van der Waals surface area contributed by atoms with Gasteiger partial charge in [0.05, 0.1) is 0 Å². The highest BCUT2D eigenvalue weighted by Gasteiger charge is 2.23. The monoisotopic (exact) mass is 408 g/mol. The van der Waals surface area contributed by atoms with E-state index in [1.807, 2.05) is 0 Å². The zero-order valence-corrected chi connectivity index (χ0v) is 16.3. The fourth-order valence-electron chi connectivity index (χ4n) is 3.30. The Kier molecular flexibility index (Phi) is 8.31. The first-order valence-corrected chi connectivity index (χ1v) is 8.31. The molecule has 5 heteroatoms. The summed E-state index contributed by atoms with van der Waals surface area (Å²) in [5.41, 5.74) is 6.15. The maximum Gasteiger partial charge on any atom is 0.191 e. The van der Waals surface area contributed by atoms with E-state index in [0.717, 1.165) is 37.4 Å². The van der Waals surface area contributed by atoms with Crippen LogP contribution in [0.3, 0.4) is 0 Å². The molecule has 1 unspecified atom stereocenters. The molecule has 2 heterocycles. The van der Waals surface area contributed by atoms with Gasteiger partial charge in [0.2, 0.25) is 0 Å². The van der Waals surface area contributed by atoms with Crippen LogP contribution in [-0.4, -0.2) is 55.0 Å². The second-order valence-corrected chi connectivity index (χ2v) is 7.18.